The number of halogens is 2. The molecule has 7 nitrogen and oxygen atoms in total. The Hall–Kier alpha value is -2.55. The average molecular weight is 479 g/mol. The first-order valence-electron chi connectivity index (χ1n) is 9.43. The Morgan fingerprint density at radius 2 is 1.94 bits per heavy atom. The van der Waals surface area contributed by atoms with Crippen molar-refractivity contribution in [2.75, 3.05) is 7.05 Å². The molecule has 162 valence electrons. The van der Waals surface area contributed by atoms with Crippen molar-refractivity contribution in [3.8, 4) is 0 Å². The minimum absolute atomic E-state index is 0.211. The molecule has 1 aromatic heterocycles. The Balaban J connectivity index is 1.94. The Morgan fingerprint density at radius 3 is 2.65 bits per heavy atom. The number of aromatic nitrogens is 2. The molecule has 1 heterocycles. The van der Waals surface area contributed by atoms with Gasteiger partial charge in [0, 0.05) is 23.6 Å². The third-order valence-electron chi connectivity index (χ3n) is 4.56. The second kappa shape index (κ2) is 10.2. The fraction of sp³-hybridized carbons (Fsp3) is 0.238. The number of nitrogens with one attached hydrogen (secondary N) is 2. The largest absolute Gasteiger partial charge is 0.341 e. The van der Waals surface area contributed by atoms with Crippen molar-refractivity contribution in [1.29, 1.82) is 0 Å². The van der Waals surface area contributed by atoms with Crippen LogP contribution in [0.1, 0.15) is 12.5 Å². The summed E-state index contributed by atoms with van der Waals surface area (Å²) in [6.07, 6.45) is 0.475. The van der Waals surface area contributed by atoms with E-state index in [9.17, 15) is 14.4 Å². The Kier molecular flexibility index (Phi) is 7.59. The molecule has 1 atom stereocenters. The number of imide groups is 1. The van der Waals surface area contributed by atoms with Crippen LogP contribution in [0.5, 0.6) is 0 Å². The molecule has 0 aliphatic rings. The number of para-hydroxylation sites is 1. The second-order valence-corrected chi connectivity index (χ2v) is 8.83. The molecular formula is C21H20Cl2N4O3S. The zero-order valence-electron chi connectivity index (χ0n) is 16.8. The quantitative estimate of drug-likeness (QED) is 0.414. The van der Waals surface area contributed by atoms with Crippen molar-refractivity contribution in [3.05, 3.63) is 68.4 Å². The maximum Gasteiger partial charge on any atom is 0.321 e. The number of fused-ring (bicyclic) bond motifs is 1. The van der Waals surface area contributed by atoms with Gasteiger partial charge in [-0.2, -0.15) is 0 Å². The van der Waals surface area contributed by atoms with Crippen molar-refractivity contribution in [2.24, 2.45) is 0 Å². The van der Waals surface area contributed by atoms with Crippen molar-refractivity contribution >= 4 is 57.8 Å². The molecule has 0 aliphatic carbocycles. The van der Waals surface area contributed by atoms with Crippen molar-refractivity contribution in [3.63, 3.8) is 0 Å². The summed E-state index contributed by atoms with van der Waals surface area (Å²) in [6, 6.07) is 11.6. The molecule has 0 saturated carbocycles. The summed E-state index contributed by atoms with van der Waals surface area (Å²) in [5.74, 6) is -0.487. The maximum absolute atomic E-state index is 13.2. The highest BCUT2D eigenvalue weighted by Crippen LogP contribution is 2.25. The van der Waals surface area contributed by atoms with E-state index in [2.05, 4.69) is 15.6 Å². The monoisotopic (exact) mass is 478 g/mol. The molecule has 3 amide bonds. The number of carbonyl (C=O) groups excluding carboxylic acids is 2. The Bertz CT molecular complexity index is 1200. The van der Waals surface area contributed by atoms with Gasteiger partial charge in [-0.15, -0.1) is 0 Å². The highest BCUT2D eigenvalue weighted by Gasteiger charge is 2.21. The summed E-state index contributed by atoms with van der Waals surface area (Å²) >= 11 is 13.3. The number of thioether (sulfide) groups is 1. The van der Waals surface area contributed by atoms with Crippen LogP contribution in [0.25, 0.3) is 10.9 Å². The summed E-state index contributed by atoms with van der Waals surface area (Å²) in [6.45, 7) is 1.95. The molecule has 0 bridgehead atoms. The molecule has 31 heavy (non-hydrogen) atoms. The number of nitrogens with zero attached hydrogens (tertiary/aromatic N) is 2. The number of carbonyl (C=O) groups is 2. The smallest absolute Gasteiger partial charge is 0.321 e. The predicted octanol–water partition coefficient (Wildman–Crippen LogP) is 3.88. The molecule has 3 aromatic rings. The molecule has 0 spiro atoms. The van der Waals surface area contributed by atoms with Gasteiger partial charge in [0.05, 0.1) is 16.2 Å². The van der Waals surface area contributed by atoms with Gasteiger partial charge in [0.1, 0.15) is 0 Å². The van der Waals surface area contributed by atoms with E-state index in [0.29, 0.717) is 39.1 Å². The zero-order valence-corrected chi connectivity index (χ0v) is 19.1. The number of hydrogen-bond donors (Lipinski definition) is 2. The fourth-order valence-corrected chi connectivity index (χ4v) is 4.32. The van der Waals surface area contributed by atoms with Crippen LogP contribution >= 0.6 is 35.0 Å². The van der Waals surface area contributed by atoms with Gasteiger partial charge in [0.2, 0.25) is 5.91 Å². The van der Waals surface area contributed by atoms with E-state index in [1.54, 1.807) is 43.3 Å². The second-order valence-electron chi connectivity index (χ2n) is 6.68. The van der Waals surface area contributed by atoms with Crippen LogP contribution in [0, 0.1) is 0 Å². The highest BCUT2D eigenvalue weighted by atomic mass is 35.5. The number of benzene rings is 2. The van der Waals surface area contributed by atoms with Crippen LogP contribution in [0.4, 0.5) is 4.79 Å². The third-order valence-corrected chi connectivity index (χ3v) is 6.24. The molecule has 0 aliphatic heterocycles. The van der Waals surface area contributed by atoms with Crippen LogP contribution in [0.3, 0.4) is 0 Å². The van der Waals surface area contributed by atoms with Crippen LogP contribution in [-0.2, 0) is 17.8 Å². The summed E-state index contributed by atoms with van der Waals surface area (Å²) < 4.78 is 1.53. The standard InChI is InChI=1S/C21H20Cl2N4O3S/c1-12(18(28)26-20(30)24-2)31-21-25-17-6-4-3-5-15(17)19(29)27(21)10-9-13-7-8-14(22)11-16(13)23/h3-8,11-12H,9-10H2,1-2H3,(H2,24,26,28,30). The first-order chi connectivity index (χ1) is 14.8. The molecule has 1 unspecified atom stereocenters. The van der Waals surface area contributed by atoms with Gasteiger partial charge in [-0.1, -0.05) is 53.2 Å². The molecule has 3 rings (SSSR count). The number of urea groups is 1. The van der Waals surface area contributed by atoms with Gasteiger partial charge >= 0.3 is 6.03 Å². The molecule has 2 N–H and O–H groups in total. The lowest BCUT2D eigenvalue weighted by molar-refractivity contribution is -0.119. The lowest BCUT2D eigenvalue weighted by Gasteiger charge is -2.16. The molecule has 0 radical (unpaired) electrons. The van der Waals surface area contributed by atoms with Crippen LogP contribution < -0.4 is 16.2 Å². The molecule has 10 heteroatoms. The Morgan fingerprint density at radius 1 is 1.19 bits per heavy atom. The fourth-order valence-electron chi connectivity index (χ4n) is 2.88. The van der Waals surface area contributed by atoms with Crippen molar-refractivity contribution in [2.45, 2.75) is 30.3 Å². The van der Waals surface area contributed by atoms with E-state index in [4.69, 9.17) is 23.2 Å². The normalized spacial score (nSPS) is 11.9. The minimum Gasteiger partial charge on any atom is -0.341 e. The van der Waals surface area contributed by atoms with Gasteiger partial charge in [-0.05, 0) is 43.2 Å². The van der Waals surface area contributed by atoms with Gasteiger partial charge in [-0.3, -0.25) is 19.5 Å². The lowest BCUT2D eigenvalue weighted by atomic mass is 10.1. The van der Waals surface area contributed by atoms with Crippen LogP contribution in [0.15, 0.2) is 52.4 Å². The first-order valence-corrected chi connectivity index (χ1v) is 11.1. The molecule has 2 aromatic carbocycles. The van der Waals surface area contributed by atoms with Gasteiger partial charge in [-0.25, -0.2) is 9.78 Å². The van der Waals surface area contributed by atoms with E-state index in [-0.39, 0.29) is 5.56 Å². The summed E-state index contributed by atoms with van der Waals surface area (Å²) in [4.78, 5) is 41.5. The molecular weight excluding hydrogens is 459 g/mol. The van der Waals surface area contributed by atoms with E-state index >= 15 is 0 Å². The topological polar surface area (TPSA) is 93.1 Å². The van der Waals surface area contributed by atoms with E-state index in [1.165, 1.54) is 11.6 Å². The highest BCUT2D eigenvalue weighted by molar-refractivity contribution is 8.00. The molecule has 0 fully saturated rings. The van der Waals surface area contributed by atoms with Crippen LogP contribution in [-0.4, -0.2) is 33.8 Å². The summed E-state index contributed by atoms with van der Waals surface area (Å²) in [5.41, 5.74) is 1.17. The SMILES string of the molecule is CNC(=O)NC(=O)C(C)Sc1nc2ccccc2c(=O)n1CCc1ccc(Cl)cc1Cl. The van der Waals surface area contributed by atoms with Gasteiger partial charge in [0.25, 0.3) is 5.56 Å². The minimum atomic E-state index is -0.657. The summed E-state index contributed by atoms with van der Waals surface area (Å²) in [5, 5.41) is 5.83. The average Bonchev–Trinajstić information content (AvgIpc) is 2.74. The van der Waals surface area contributed by atoms with Gasteiger partial charge < -0.3 is 5.32 Å². The first kappa shape index (κ1) is 23.1. The van der Waals surface area contributed by atoms with Gasteiger partial charge in [0.15, 0.2) is 5.16 Å². The van der Waals surface area contributed by atoms with E-state index in [1.807, 2.05) is 6.07 Å². The lowest BCUT2D eigenvalue weighted by Crippen LogP contribution is -2.41. The number of hydrogen-bond acceptors (Lipinski definition) is 5. The summed E-state index contributed by atoms with van der Waals surface area (Å²) in [7, 11) is 1.42. The maximum atomic E-state index is 13.2. The van der Waals surface area contributed by atoms with Crippen LogP contribution in [0.2, 0.25) is 10.0 Å². The van der Waals surface area contributed by atoms with E-state index in [0.717, 1.165) is 17.3 Å². The predicted molar refractivity (Wildman–Crippen MR) is 124 cm³/mol. The van der Waals surface area contributed by atoms with Crippen molar-refractivity contribution in [1.82, 2.24) is 20.2 Å². The number of aryl methyl sites for hydroxylation is 1. The zero-order chi connectivity index (χ0) is 22.5. The van der Waals surface area contributed by atoms with Crippen molar-refractivity contribution < 1.29 is 9.59 Å². The number of amides is 3. The Labute approximate surface area is 193 Å². The van der Waals surface area contributed by atoms with E-state index < -0.39 is 17.2 Å². The third kappa shape index (κ3) is 5.58. The number of rotatable bonds is 6. The molecule has 0 saturated heterocycles.